The summed E-state index contributed by atoms with van der Waals surface area (Å²) in [6, 6.07) is 4.81. The highest BCUT2D eigenvalue weighted by atomic mass is 79.9. The summed E-state index contributed by atoms with van der Waals surface area (Å²) in [5.41, 5.74) is 0.641. The van der Waals surface area contributed by atoms with Crippen LogP contribution in [0, 0.1) is 0 Å². The average molecular weight is 353 g/mol. The van der Waals surface area contributed by atoms with E-state index in [1.54, 1.807) is 18.2 Å². The summed E-state index contributed by atoms with van der Waals surface area (Å²) >= 11 is 3.22. The van der Waals surface area contributed by atoms with Gasteiger partial charge in [0.05, 0.1) is 11.1 Å². The zero-order valence-corrected chi connectivity index (χ0v) is 11.9. The number of carboxylic acid groups (broad SMARTS) is 1. The van der Waals surface area contributed by atoms with E-state index in [-0.39, 0.29) is 13.0 Å². The van der Waals surface area contributed by atoms with E-state index >= 15 is 0 Å². The molecule has 20 heavy (non-hydrogen) atoms. The van der Waals surface area contributed by atoms with E-state index in [4.69, 9.17) is 9.84 Å². The van der Waals surface area contributed by atoms with E-state index in [1.807, 2.05) is 0 Å². The highest BCUT2D eigenvalue weighted by molar-refractivity contribution is 9.10. The van der Waals surface area contributed by atoms with Gasteiger partial charge in [-0.2, -0.15) is 13.2 Å². The third-order valence-corrected chi connectivity index (χ3v) is 2.86. The van der Waals surface area contributed by atoms with Crippen LogP contribution in [0.15, 0.2) is 28.7 Å². The first-order valence-electron chi connectivity index (χ1n) is 5.68. The number of carbonyl (C=O) groups is 1. The van der Waals surface area contributed by atoms with Gasteiger partial charge in [0.2, 0.25) is 0 Å². The van der Waals surface area contributed by atoms with Crippen molar-refractivity contribution in [1.29, 1.82) is 0 Å². The molecular weight excluding hydrogens is 341 g/mol. The summed E-state index contributed by atoms with van der Waals surface area (Å²) in [5, 5.41) is 8.49. The zero-order chi connectivity index (χ0) is 15.2. The molecule has 0 aliphatic heterocycles. The number of carboxylic acids is 1. The maximum atomic E-state index is 11.9. The van der Waals surface area contributed by atoms with E-state index in [0.717, 1.165) is 6.08 Å². The van der Waals surface area contributed by atoms with Crippen LogP contribution >= 0.6 is 15.9 Å². The molecule has 0 unspecified atom stereocenters. The normalized spacial score (nSPS) is 11.8. The molecule has 0 spiro atoms. The molecule has 1 aromatic carbocycles. The SMILES string of the molecule is O=C(O)/C=C/c1ccc(OCCCC(F)(F)F)c(Br)c1. The Kier molecular flexibility index (Phi) is 6.06. The number of rotatable bonds is 6. The van der Waals surface area contributed by atoms with Crippen LogP contribution in [0.25, 0.3) is 6.08 Å². The van der Waals surface area contributed by atoms with E-state index in [0.29, 0.717) is 15.8 Å². The molecule has 0 heterocycles. The van der Waals surface area contributed by atoms with Gasteiger partial charge in [-0.3, -0.25) is 0 Å². The second kappa shape index (κ2) is 7.33. The van der Waals surface area contributed by atoms with Crippen LogP contribution in [0.3, 0.4) is 0 Å². The van der Waals surface area contributed by atoms with Crippen LogP contribution in [-0.2, 0) is 4.79 Å². The average Bonchev–Trinajstić information content (AvgIpc) is 2.32. The van der Waals surface area contributed by atoms with Gasteiger partial charge >= 0.3 is 12.1 Å². The zero-order valence-electron chi connectivity index (χ0n) is 10.3. The van der Waals surface area contributed by atoms with Gasteiger partial charge in [-0.15, -0.1) is 0 Å². The number of aliphatic carboxylic acids is 1. The molecule has 110 valence electrons. The van der Waals surface area contributed by atoms with Gasteiger partial charge in [-0.25, -0.2) is 4.79 Å². The Morgan fingerprint density at radius 2 is 2.10 bits per heavy atom. The summed E-state index contributed by atoms with van der Waals surface area (Å²) in [5.74, 6) is -0.645. The highest BCUT2D eigenvalue weighted by Gasteiger charge is 2.26. The second-order valence-corrected chi connectivity index (χ2v) is 4.78. The Morgan fingerprint density at radius 3 is 2.65 bits per heavy atom. The van der Waals surface area contributed by atoms with E-state index < -0.39 is 18.6 Å². The molecule has 0 atom stereocenters. The molecule has 0 bridgehead atoms. The Morgan fingerprint density at radius 1 is 1.40 bits per heavy atom. The van der Waals surface area contributed by atoms with Crippen LogP contribution in [0.2, 0.25) is 0 Å². The molecule has 0 aromatic heterocycles. The predicted octanol–water partition coefficient (Wildman–Crippen LogP) is 4.27. The number of hydrogen-bond acceptors (Lipinski definition) is 2. The minimum absolute atomic E-state index is 0.0393. The fourth-order valence-electron chi connectivity index (χ4n) is 1.36. The van der Waals surface area contributed by atoms with Crippen molar-refractivity contribution in [2.75, 3.05) is 6.61 Å². The predicted molar refractivity (Wildman–Crippen MR) is 71.6 cm³/mol. The van der Waals surface area contributed by atoms with Crippen LogP contribution in [-0.4, -0.2) is 23.9 Å². The van der Waals surface area contributed by atoms with Crippen molar-refractivity contribution >= 4 is 28.0 Å². The summed E-state index contributed by atoms with van der Waals surface area (Å²) in [4.78, 5) is 10.4. The molecule has 1 N–H and O–H groups in total. The van der Waals surface area contributed by atoms with E-state index in [2.05, 4.69) is 15.9 Å². The van der Waals surface area contributed by atoms with Gasteiger partial charge in [0.15, 0.2) is 0 Å². The smallest absolute Gasteiger partial charge is 0.389 e. The van der Waals surface area contributed by atoms with Crippen molar-refractivity contribution in [3.63, 3.8) is 0 Å². The first-order valence-corrected chi connectivity index (χ1v) is 6.47. The number of benzene rings is 1. The molecular formula is C13H12BrF3O3. The lowest BCUT2D eigenvalue weighted by molar-refractivity contribution is -0.136. The molecule has 1 aromatic rings. The number of alkyl halides is 3. The summed E-state index contributed by atoms with van der Waals surface area (Å²) in [6.45, 7) is -0.0393. The lowest BCUT2D eigenvalue weighted by atomic mass is 10.2. The standard InChI is InChI=1S/C13H12BrF3O3/c14-10-8-9(3-5-12(18)19)2-4-11(10)20-7-1-6-13(15,16)17/h2-5,8H,1,6-7H2,(H,18,19)/b5-3+. The minimum atomic E-state index is -4.17. The van der Waals surface area contributed by atoms with Crippen LogP contribution in [0.1, 0.15) is 18.4 Å². The molecule has 0 amide bonds. The van der Waals surface area contributed by atoms with Crippen molar-refractivity contribution in [3.8, 4) is 5.75 Å². The lowest BCUT2D eigenvalue weighted by Crippen LogP contribution is -2.09. The number of hydrogen-bond donors (Lipinski definition) is 1. The van der Waals surface area contributed by atoms with E-state index in [9.17, 15) is 18.0 Å². The van der Waals surface area contributed by atoms with Crippen LogP contribution in [0.5, 0.6) is 5.75 Å². The molecule has 0 saturated carbocycles. The molecule has 1 rings (SSSR count). The van der Waals surface area contributed by atoms with Crippen LogP contribution < -0.4 is 4.74 Å². The number of halogens is 4. The Labute approximate surface area is 122 Å². The monoisotopic (exact) mass is 352 g/mol. The Bertz CT molecular complexity index is 498. The first-order chi connectivity index (χ1) is 9.28. The Balaban J connectivity index is 2.54. The molecule has 0 aliphatic rings. The van der Waals surface area contributed by atoms with Crippen molar-refractivity contribution in [3.05, 3.63) is 34.3 Å². The summed E-state index contributed by atoms with van der Waals surface area (Å²) < 4.78 is 41.6. The van der Waals surface area contributed by atoms with Gasteiger partial charge in [-0.05, 0) is 46.1 Å². The second-order valence-electron chi connectivity index (χ2n) is 3.93. The van der Waals surface area contributed by atoms with Crippen LogP contribution in [0.4, 0.5) is 13.2 Å². The van der Waals surface area contributed by atoms with Crippen molar-refractivity contribution in [2.24, 2.45) is 0 Å². The van der Waals surface area contributed by atoms with Crippen molar-refractivity contribution in [1.82, 2.24) is 0 Å². The summed E-state index contributed by atoms with van der Waals surface area (Å²) in [6.07, 6.45) is -2.78. The maximum absolute atomic E-state index is 11.9. The molecule has 3 nitrogen and oxygen atoms in total. The minimum Gasteiger partial charge on any atom is -0.492 e. The maximum Gasteiger partial charge on any atom is 0.389 e. The Hall–Kier alpha value is -1.50. The molecule has 0 radical (unpaired) electrons. The number of ether oxygens (including phenoxy) is 1. The molecule has 0 fully saturated rings. The summed E-state index contributed by atoms with van der Waals surface area (Å²) in [7, 11) is 0. The third kappa shape index (κ3) is 6.60. The van der Waals surface area contributed by atoms with Gasteiger partial charge in [-0.1, -0.05) is 6.07 Å². The van der Waals surface area contributed by atoms with E-state index in [1.165, 1.54) is 6.08 Å². The van der Waals surface area contributed by atoms with Gasteiger partial charge in [0.25, 0.3) is 0 Å². The largest absolute Gasteiger partial charge is 0.492 e. The topological polar surface area (TPSA) is 46.5 Å². The fraction of sp³-hybridized carbons (Fsp3) is 0.308. The van der Waals surface area contributed by atoms with Gasteiger partial charge < -0.3 is 9.84 Å². The third-order valence-electron chi connectivity index (χ3n) is 2.24. The lowest BCUT2D eigenvalue weighted by Gasteiger charge is -2.10. The molecule has 7 heteroatoms. The van der Waals surface area contributed by atoms with Gasteiger partial charge in [0.1, 0.15) is 5.75 Å². The van der Waals surface area contributed by atoms with Crippen molar-refractivity contribution in [2.45, 2.75) is 19.0 Å². The highest BCUT2D eigenvalue weighted by Crippen LogP contribution is 2.27. The first kappa shape index (κ1) is 16.6. The molecule has 0 saturated heterocycles. The quantitative estimate of drug-likeness (QED) is 0.614. The molecule has 0 aliphatic carbocycles. The van der Waals surface area contributed by atoms with Crippen molar-refractivity contribution < 1.29 is 27.8 Å². The fourth-order valence-corrected chi connectivity index (χ4v) is 1.87. The van der Waals surface area contributed by atoms with Gasteiger partial charge in [0, 0.05) is 12.5 Å².